The molecule has 0 saturated heterocycles. The number of anilines is 1. The van der Waals surface area contributed by atoms with Gasteiger partial charge in [0.05, 0.1) is 37.1 Å². The molecule has 5 N–H and O–H groups in total. The Morgan fingerprint density at radius 2 is 1.77 bits per heavy atom. The van der Waals surface area contributed by atoms with Gasteiger partial charge in [0.15, 0.2) is 5.13 Å². The van der Waals surface area contributed by atoms with Gasteiger partial charge < -0.3 is 30.0 Å². The lowest BCUT2D eigenvalue weighted by atomic mass is 9.86. The Hall–Kier alpha value is -3.64. The van der Waals surface area contributed by atoms with Crippen LogP contribution >= 0.6 is 22.9 Å². The number of aliphatic hydroxyl groups is 1. The molecule has 1 aliphatic rings. The van der Waals surface area contributed by atoms with E-state index in [2.05, 4.69) is 18.3 Å². The van der Waals surface area contributed by atoms with Gasteiger partial charge in [0, 0.05) is 28.4 Å². The van der Waals surface area contributed by atoms with E-state index in [1.165, 1.54) is 43.4 Å². The summed E-state index contributed by atoms with van der Waals surface area (Å²) in [7, 11) is 3.16. The Kier molecular flexibility index (Phi) is 13.7. The molecule has 0 atom stereocenters. The number of nitrogens with two attached hydrogens (primary N) is 1. The predicted octanol–water partition coefficient (Wildman–Crippen LogP) is 7.35. The van der Waals surface area contributed by atoms with Crippen molar-refractivity contribution in [1.29, 1.82) is 0 Å². The molecule has 2 aromatic heterocycles. The molecule has 0 radical (unpaired) electrons. The number of carbonyl (C=O) groups is 2. The van der Waals surface area contributed by atoms with Gasteiger partial charge >= 0.3 is 5.97 Å². The van der Waals surface area contributed by atoms with Crippen molar-refractivity contribution in [2.75, 3.05) is 32.7 Å². The molecule has 1 aliphatic carbocycles. The van der Waals surface area contributed by atoms with Gasteiger partial charge in [-0.15, -0.1) is 11.3 Å². The van der Waals surface area contributed by atoms with Crippen LogP contribution in [0.4, 0.5) is 5.13 Å². The molecule has 0 unspecified atom stereocenters. The maximum absolute atomic E-state index is 13.9. The van der Waals surface area contributed by atoms with Crippen LogP contribution in [0.1, 0.15) is 78.9 Å². The fourth-order valence-electron chi connectivity index (χ4n) is 6.34. The van der Waals surface area contributed by atoms with Crippen LogP contribution in [0.2, 0.25) is 5.02 Å². The maximum Gasteiger partial charge on any atom is 0.323 e. The number of nitrogens with zero attached hydrogens (tertiary/aromatic N) is 2. The number of ether oxygens (including phenoxy) is 2. The lowest BCUT2D eigenvalue weighted by molar-refractivity contribution is -0.137. The number of fused-ring (bicyclic) bond motifs is 1. The number of thiazole rings is 1. The Bertz CT molecular complexity index is 1710. The molecule has 0 bridgehead atoms. The lowest BCUT2D eigenvalue weighted by Crippen LogP contribution is -2.20. The molecule has 0 spiro atoms. The van der Waals surface area contributed by atoms with Crippen molar-refractivity contribution in [3.63, 3.8) is 0 Å². The van der Waals surface area contributed by atoms with Crippen LogP contribution in [0.15, 0.2) is 30.3 Å². The summed E-state index contributed by atoms with van der Waals surface area (Å²) in [5, 5.41) is 22.2. The average Bonchev–Trinajstić information content (AvgIpc) is 3.67. The van der Waals surface area contributed by atoms with Gasteiger partial charge in [0.1, 0.15) is 23.7 Å². The molecular formula is C36H47ClN4O6S. The van der Waals surface area contributed by atoms with E-state index >= 15 is 0 Å². The second kappa shape index (κ2) is 17.7. The Morgan fingerprint density at radius 3 is 2.38 bits per heavy atom. The number of aryl methyl sites for hydroxylation is 3. The zero-order valence-electron chi connectivity index (χ0n) is 28.2. The number of methoxy groups -OCH3 is 2. The molecule has 1 saturated carbocycles. The number of aliphatic carboxylic acids is 1. The molecule has 12 heteroatoms. The van der Waals surface area contributed by atoms with Crippen LogP contribution in [0.25, 0.3) is 22.2 Å². The van der Waals surface area contributed by atoms with Gasteiger partial charge in [0.2, 0.25) is 0 Å². The third-order valence-corrected chi connectivity index (χ3v) is 10.1. The summed E-state index contributed by atoms with van der Waals surface area (Å²) >= 11 is 7.86. The number of aromatic nitrogens is 2. The summed E-state index contributed by atoms with van der Waals surface area (Å²) < 4.78 is 12.8. The topological polar surface area (TPSA) is 149 Å². The smallest absolute Gasteiger partial charge is 0.323 e. The number of hydrogen-bond acceptors (Lipinski definition) is 8. The minimum atomic E-state index is -1.01. The molecule has 2 aromatic carbocycles. The highest BCUT2D eigenvalue weighted by Crippen LogP contribution is 2.43. The van der Waals surface area contributed by atoms with Crippen LogP contribution in [0, 0.1) is 5.92 Å². The van der Waals surface area contributed by atoms with Crippen molar-refractivity contribution < 1.29 is 29.3 Å². The first-order valence-electron chi connectivity index (χ1n) is 16.6. The van der Waals surface area contributed by atoms with E-state index in [1.807, 2.05) is 19.1 Å². The van der Waals surface area contributed by atoms with E-state index in [0.717, 1.165) is 63.8 Å². The van der Waals surface area contributed by atoms with Crippen molar-refractivity contribution in [2.24, 2.45) is 11.7 Å². The summed E-state index contributed by atoms with van der Waals surface area (Å²) in [6.07, 6.45) is 9.76. The van der Waals surface area contributed by atoms with E-state index in [4.69, 9.17) is 36.9 Å². The molecular weight excluding hydrogens is 652 g/mol. The average molecular weight is 699 g/mol. The summed E-state index contributed by atoms with van der Waals surface area (Å²) in [5.74, 6) is 0.339. The third-order valence-electron chi connectivity index (χ3n) is 8.73. The molecule has 260 valence electrons. The molecule has 2 heterocycles. The highest BCUT2D eigenvalue weighted by molar-refractivity contribution is 7.16. The van der Waals surface area contributed by atoms with E-state index in [9.17, 15) is 14.7 Å². The first-order valence-corrected chi connectivity index (χ1v) is 17.8. The maximum atomic E-state index is 13.9. The van der Waals surface area contributed by atoms with Crippen LogP contribution in [-0.4, -0.2) is 59.0 Å². The molecule has 4 aromatic rings. The SMILES string of the molecule is CCc1cc(CC)c2c(c1)cc(C(=O)Nc1nc(-c3cc(OC)c(Cl)cc3OC)c(CCC3CCCCC3)s1)n2CC(=O)O.NCCO. The number of rotatable bonds is 13. The molecule has 48 heavy (non-hydrogen) atoms. The minimum Gasteiger partial charge on any atom is -0.496 e. The van der Waals surface area contributed by atoms with Gasteiger partial charge in [-0.1, -0.05) is 63.6 Å². The molecule has 5 rings (SSSR count). The van der Waals surface area contributed by atoms with Gasteiger partial charge in [-0.05, 0) is 60.9 Å². The number of aliphatic hydroxyl groups excluding tert-OH is 1. The summed E-state index contributed by atoms with van der Waals surface area (Å²) in [5.41, 5.74) is 9.47. The zero-order valence-corrected chi connectivity index (χ0v) is 29.8. The summed E-state index contributed by atoms with van der Waals surface area (Å²) in [4.78, 5) is 31.7. The standard InChI is InChI=1S/C34H40ClN3O5S.C2H7NO/c1-5-20-14-22(6-2)32-23(15-20)16-26(38(32)19-30(39)40)33(41)37-34-36-31(24-17-28(43-4)25(35)18-27(24)42-3)29(44-34)13-12-21-10-8-7-9-11-21;3-1-2-4/h14-18,21H,5-13,19H2,1-4H3,(H,39,40)(H,36,37,41);4H,1-3H2. The van der Waals surface area contributed by atoms with Gasteiger partial charge in [-0.3, -0.25) is 14.9 Å². The predicted molar refractivity (Wildman–Crippen MR) is 193 cm³/mol. The summed E-state index contributed by atoms with van der Waals surface area (Å²) in [6.45, 7) is 4.28. The first kappa shape index (κ1) is 37.2. The lowest BCUT2D eigenvalue weighted by Gasteiger charge is -2.21. The minimum absolute atomic E-state index is 0.0972. The first-order chi connectivity index (χ1) is 23.2. The van der Waals surface area contributed by atoms with E-state index in [-0.39, 0.29) is 18.8 Å². The number of carboxylic acid groups (broad SMARTS) is 1. The number of nitrogens with one attached hydrogen (secondary N) is 1. The number of halogens is 1. The van der Waals surface area contributed by atoms with Crippen LogP contribution in [-0.2, 0) is 30.6 Å². The molecule has 1 fully saturated rings. The fourth-order valence-corrected chi connectivity index (χ4v) is 7.55. The monoisotopic (exact) mass is 698 g/mol. The van der Waals surface area contributed by atoms with Crippen molar-refractivity contribution in [1.82, 2.24) is 9.55 Å². The van der Waals surface area contributed by atoms with Crippen molar-refractivity contribution in [3.8, 4) is 22.8 Å². The normalized spacial score (nSPS) is 13.2. The number of amides is 1. The Morgan fingerprint density at radius 1 is 1.06 bits per heavy atom. The number of hydrogen-bond donors (Lipinski definition) is 4. The van der Waals surface area contributed by atoms with Gasteiger partial charge in [-0.2, -0.15) is 0 Å². The van der Waals surface area contributed by atoms with E-state index in [1.54, 1.807) is 30.9 Å². The number of carbonyl (C=O) groups excluding carboxylic acids is 1. The van der Waals surface area contributed by atoms with E-state index in [0.29, 0.717) is 34.1 Å². The van der Waals surface area contributed by atoms with E-state index < -0.39 is 11.9 Å². The van der Waals surface area contributed by atoms with Crippen molar-refractivity contribution in [2.45, 2.75) is 78.2 Å². The quantitative estimate of drug-likeness (QED) is 0.113. The third kappa shape index (κ3) is 8.87. The van der Waals surface area contributed by atoms with Crippen LogP contribution in [0.3, 0.4) is 0 Å². The fraction of sp³-hybridized carbons (Fsp3) is 0.472. The zero-order chi connectivity index (χ0) is 34.8. The largest absolute Gasteiger partial charge is 0.496 e. The Labute approximate surface area is 291 Å². The van der Waals surface area contributed by atoms with Crippen molar-refractivity contribution >= 4 is 50.8 Å². The second-order valence-corrected chi connectivity index (χ2v) is 13.4. The molecule has 1 amide bonds. The van der Waals surface area contributed by atoms with Crippen LogP contribution in [0.5, 0.6) is 11.5 Å². The second-order valence-electron chi connectivity index (χ2n) is 11.9. The molecule has 0 aliphatic heterocycles. The number of benzene rings is 2. The number of carboxylic acids is 1. The molecule has 10 nitrogen and oxygen atoms in total. The van der Waals surface area contributed by atoms with Gasteiger partial charge in [-0.25, -0.2) is 4.98 Å². The highest BCUT2D eigenvalue weighted by Gasteiger charge is 2.25. The van der Waals surface area contributed by atoms with Gasteiger partial charge in [0.25, 0.3) is 5.91 Å². The van der Waals surface area contributed by atoms with Crippen LogP contribution < -0.4 is 20.5 Å². The summed E-state index contributed by atoms with van der Waals surface area (Å²) in [6, 6.07) is 9.47. The Balaban J connectivity index is 0.00000123. The highest BCUT2D eigenvalue weighted by atomic mass is 35.5. The van der Waals surface area contributed by atoms with Crippen molar-refractivity contribution in [3.05, 3.63) is 57.1 Å².